The van der Waals surface area contributed by atoms with Gasteiger partial charge in [-0.3, -0.25) is 9.78 Å². The molecule has 1 aromatic carbocycles. The molecule has 0 aliphatic carbocycles. The highest BCUT2D eigenvalue weighted by atomic mass is 19.1. The molecule has 0 bridgehead atoms. The Bertz CT molecular complexity index is 1340. The van der Waals surface area contributed by atoms with E-state index in [1.165, 1.54) is 24.8 Å². The van der Waals surface area contributed by atoms with Crippen LogP contribution >= 0.6 is 0 Å². The molecule has 0 spiro atoms. The van der Waals surface area contributed by atoms with E-state index in [-0.39, 0.29) is 11.7 Å². The predicted molar refractivity (Wildman–Crippen MR) is 114 cm³/mol. The molecule has 5 rings (SSSR count). The lowest BCUT2D eigenvalue weighted by atomic mass is 10.1. The minimum Gasteiger partial charge on any atom is -0.451 e. The van der Waals surface area contributed by atoms with Gasteiger partial charge < -0.3 is 14.1 Å². The van der Waals surface area contributed by atoms with Crippen LogP contribution in [0.1, 0.15) is 16.1 Å². The molecule has 1 amide bonds. The van der Waals surface area contributed by atoms with E-state index in [2.05, 4.69) is 15.3 Å². The van der Waals surface area contributed by atoms with Gasteiger partial charge in [0, 0.05) is 17.9 Å². The summed E-state index contributed by atoms with van der Waals surface area (Å²) in [7, 11) is 0. The third-order valence-electron chi connectivity index (χ3n) is 5.02. The summed E-state index contributed by atoms with van der Waals surface area (Å²) in [6.45, 7) is 0.310. The lowest BCUT2D eigenvalue weighted by molar-refractivity contribution is 0.0951. The van der Waals surface area contributed by atoms with Crippen molar-refractivity contribution < 1.29 is 13.6 Å². The third kappa shape index (κ3) is 3.69. The molecular formula is C24H17FN4O2. The van der Waals surface area contributed by atoms with Gasteiger partial charge in [0.1, 0.15) is 17.8 Å². The molecule has 7 heteroatoms. The first kappa shape index (κ1) is 18.7. The van der Waals surface area contributed by atoms with E-state index in [1.54, 1.807) is 18.3 Å². The van der Waals surface area contributed by atoms with Crippen LogP contribution < -0.4 is 5.32 Å². The highest BCUT2D eigenvalue weighted by Crippen LogP contribution is 2.29. The van der Waals surface area contributed by atoms with Crippen LogP contribution in [-0.2, 0) is 6.54 Å². The van der Waals surface area contributed by atoms with Crippen LogP contribution in [0.15, 0.2) is 90.1 Å². The van der Waals surface area contributed by atoms with Gasteiger partial charge >= 0.3 is 0 Å². The number of carbonyl (C=O) groups excluding carboxylic acids is 1. The van der Waals surface area contributed by atoms with Crippen LogP contribution in [-0.4, -0.2) is 20.3 Å². The largest absolute Gasteiger partial charge is 0.451 e. The van der Waals surface area contributed by atoms with E-state index >= 15 is 0 Å². The van der Waals surface area contributed by atoms with Crippen molar-refractivity contribution in [2.24, 2.45) is 0 Å². The summed E-state index contributed by atoms with van der Waals surface area (Å²) in [6, 6.07) is 17.5. The summed E-state index contributed by atoms with van der Waals surface area (Å²) in [6.07, 6.45) is 6.42. The van der Waals surface area contributed by atoms with Gasteiger partial charge in [0.05, 0.1) is 23.5 Å². The van der Waals surface area contributed by atoms with Crippen LogP contribution in [0, 0.1) is 5.82 Å². The normalized spacial score (nSPS) is 11.0. The SMILES string of the molecule is O=C(NCc1ccccn1)c1cc2ccc(-c3ccc(F)cc3)cn2c1-c1cocn1. The molecule has 0 saturated heterocycles. The fraction of sp³-hybridized carbons (Fsp3) is 0.0417. The van der Waals surface area contributed by atoms with Crippen molar-refractivity contribution in [3.63, 3.8) is 0 Å². The van der Waals surface area contributed by atoms with Gasteiger partial charge in [-0.2, -0.15) is 0 Å². The molecule has 1 N–H and O–H groups in total. The zero-order chi connectivity index (χ0) is 21.2. The van der Waals surface area contributed by atoms with Gasteiger partial charge in [-0.25, -0.2) is 9.37 Å². The van der Waals surface area contributed by atoms with Gasteiger partial charge in [-0.05, 0) is 47.5 Å². The molecule has 0 atom stereocenters. The fourth-order valence-electron chi connectivity index (χ4n) is 3.52. The molecule has 4 aromatic heterocycles. The van der Waals surface area contributed by atoms with E-state index in [0.29, 0.717) is 23.5 Å². The Morgan fingerprint density at radius 1 is 1.03 bits per heavy atom. The zero-order valence-corrected chi connectivity index (χ0v) is 16.3. The van der Waals surface area contributed by atoms with Crippen LogP contribution in [0.5, 0.6) is 0 Å². The topological polar surface area (TPSA) is 72.4 Å². The van der Waals surface area contributed by atoms with Gasteiger partial charge in [-0.15, -0.1) is 0 Å². The molecule has 4 heterocycles. The van der Waals surface area contributed by atoms with Crippen molar-refractivity contribution in [1.82, 2.24) is 19.7 Å². The summed E-state index contributed by atoms with van der Waals surface area (Å²) in [4.78, 5) is 21.5. The number of halogens is 1. The van der Waals surface area contributed by atoms with Crippen LogP contribution in [0.25, 0.3) is 28.0 Å². The van der Waals surface area contributed by atoms with Crippen molar-refractivity contribution in [2.75, 3.05) is 0 Å². The molecule has 0 unspecified atom stereocenters. The number of hydrogen-bond donors (Lipinski definition) is 1. The van der Waals surface area contributed by atoms with Gasteiger partial charge in [-0.1, -0.05) is 24.3 Å². The second-order valence-corrected chi connectivity index (χ2v) is 7.00. The number of nitrogens with one attached hydrogen (secondary N) is 1. The van der Waals surface area contributed by atoms with Crippen LogP contribution in [0.3, 0.4) is 0 Å². The number of hydrogen-bond acceptors (Lipinski definition) is 4. The average molecular weight is 412 g/mol. The van der Waals surface area contributed by atoms with E-state index in [1.807, 2.05) is 47.0 Å². The summed E-state index contributed by atoms with van der Waals surface area (Å²) in [5, 5.41) is 2.92. The molecule has 31 heavy (non-hydrogen) atoms. The third-order valence-corrected chi connectivity index (χ3v) is 5.02. The summed E-state index contributed by atoms with van der Waals surface area (Å²) < 4.78 is 20.4. The molecule has 0 fully saturated rings. The number of nitrogens with zero attached hydrogens (tertiary/aromatic N) is 3. The van der Waals surface area contributed by atoms with Crippen molar-refractivity contribution in [3.8, 4) is 22.5 Å². The van der Waals surface area contributed by atoms with Crippen molar-refractivity contribution in [3.05, 3.63) is 103 Å². The van der Waals surface area contributed by atoms with Gasteiger partial charge in [0.25, 0.3) is 5.91 Å². The Hall–Kier alpha value is -4.26. The summed E-state index contributed by atoms with van der Waals surface area (Å²) in [5.74, 6) is -0.531. The van der Waals surface area contributed by atoms with E-state index in [4.69, 9.17) is 4.42 Å². The van der Waals surface area contributed by atoms with Crippen molar-refractivity contribution >= 4 is 11.4 Å². The number of amides is 1. The Morgan fingerprint density at radius 2 is 1.87 bits per heavy atom. The van der Waals surface area contributed by atoms with E-state index in [0.717, 1.165) is 22.3 Å². The van der Waals surface area contributed by atoms with Crippen molar-refractivity contribution in [2.45, 2.75) is 6.54 Å². The highest BCUT2D eigenvalue weighted by Gasteiger charge is 2.20. The second-order valence-electron chi connectivity index (χ2n) is 7.00. The quantitative estimate of drug-likeness (QED) is 0.453. The van der Waals surface area contributed by atoms with Crippen LogP contribution in [0.2, 0.25) is 0 Å². The number of rotatable bonds is 5. The first-order valence-corrected chi connectivity index (χ1v) is 9.67. The smallest absolute Gasteiger partial charge is 0.253 e. The number of carbonyl (C=O) groups is 1. The number of aromatic nitrogens is 3. The Balaban J connectivity index is 1.57. The Kier molecular flexibility index (Phi) is 4.76. The first-order chi connectivity index (χ1) is 15.2. The molecular weight excluding hydrogens is 395 g/mol. The molecule has 6 nitrogen and oxygen atoms in total. The fourth-order valence-corrected chi connectivity index (χ4v) is 3.52. The lowest BCUT2D eigenvalue weighted by Gasteiger charge is -2.08. The highest BCUT2D eigenvalue weighted by molar-refractivity contribution is 6.02. The first-order valence-electron chi connectivity index (χ1n) is 9.67. The number of fused-ring (bicyclic) bond motifs is 1. The van der Waals surface area contributed by atoms with Gasteiger partial charge in [0.2, 0.25) is 0 Å². The average Bonchev–Trinajstić information content (AvgIpc) is 3.46. The minimum absolute atomic E-state index is 0.240. The minimum atomic E-state index is -0.291. The standard InChI is InChI=1S/C24H17FN4O2/c25-18-7-4-16(5-8-18)17-6-9-20-11-21(23(29(20)13-17)22-14-31-15-28-22)24(30)27-12-19-3-1-2-10-26-19/h1-11,13-15H,12H2,(H,27,30). The predicted octanol–water partition coefficient (Wildman–Crippen LogP) is 4.73. The van der Waals surface area contributed by atoms with E-state index < -0.39 is 0 Å². The Labute approximate surface area is 177 Å². The molecule has 0 aliphatic heterocycles. The monoisotopic (exact) mass is 412 g/mol. The maximum atomic E-state index is 13.3. The Morgan fingerprint density at radius 3 is 2.61 bits per heavy atom. The lowest BCUT2D eigenvalue weighted by Crippen LogP contribution is -2.23. The van der Waals surface area contributed by atoms with Crippen molar-refractivity contribution in [1.29, 1.82) is 0 Å². The summed E-state index contributed by atoms with van der Waals surface area (Å²) in [5.41, 5.74) is 4.97. The maximum Gasteiger partial charge on any atom is 0.253 e. The van der Waals surface area contributed by atoms with Crippen LogP contribution in [0.4, 0.5) is 4.39 Å². The second kappa shape index (κ2) is 7.87. The molecule has 5 aromatic rings. The van der Waals surface area contributed by atoms with E-state index in [9.17, 15) is 9.18 Å². The molecule has 0 radical (unpaired) electrons. The van der Waals surface area contributed by atoms with Gasteiger partial charge in [0.15, 0.2) is 6.39 Å². The number of benzene rings is 1. The molecule has 0 aliphatic rings. The number of pyridine rings is 2. The number of oxazole rings is 1. The molecule has 0 saturated carbocycles. The summed E-state index contributed by atoms with van der Waals surface area (Å²) >= 11 is 0. The molecule has 152 valence electrons. The maximum absolute atomic E-state index is 13.3. The zero-order valence-electron chi connectivity index (χ0n) is 16.3.